The van der Waals surface area contributed by atoms with Crippen LogP contribution in [0.25, 0.3) is 11.8 Å². The highest BCUT2D eigenvalue weighted by molar-refractivity contribution is 6.39. The summed E-state index contributed by atoms with van der Waals surface area (Å²) in [5.41, 5.74) is 3.31. The Bertz CT molecular complexity index is 1270. The quantitative estimate of drug-likeness (QED) is 0.513. The van der Waals surface area contributed by atoms with Crippen LogP contribution in [0.5, 0.6) is 0 Å². The minimum absolute atomic E-state index is 0.170. The van der Waals surface area contributed by atoms with E-state index in [9.17, 15) is 18.8 Å². The van der Waals surface area contributed by atoms with Gasteiger partial charge < -0.3 is 4.57 Å². The van der Waals surface area contributed by atoms with Crippen molar-refractivity contribution in [3.8, 4) is 5.69 Å². The van der Waals surface area contributed by atoms with Crippen LogP contribution in [0, 0.1) is 26.6 Å². The SMILES string of the molecule is Cc1ccccc1N1C(=O)NC(=O)/C(=C\c2cc(C)n(-c3ccccc3F)c2C)C1=O. The average Bonchev–Trinajstić information content (AvgIpc) is 3.00. The number of nitrogens with zero attached hydrogens (tertiary/aromatic N) is 2. The Kier molecular flexibility index (Phi) is 5.02. The van der Waals surface area contributed by atoms with Gasteiger partial charge in [0.05, 0.1) is 11.4 Å². The zero-order chi connectivity index (χ0) is 22.3. The minimum atomic E-state index is -0.793. The summed E-state index contributed by atoms with van der Waals surface area (Å²) in [6, 6.07) is 14.3. The molecule has 1 aliphatic rings. The molecule has 0 atom stereocenters. The number of barbiturate groups is 1. The van der Waals surface area contributed by atoms with Crippen molar-refractivity contribution in [1.82, 2.24) is 9.88 Å². The van der Waals surface area contributed by atoms with Crippen LogP contribution in [0.4, 0.5) is 14.9 Å². The number of hydrogen-bond acceptors (Lipinski definition) is 3. The lowest BCUT2D eigenvalue weighted by atomic mass is 10.1. The van der Waals surface area contributed by atoms with E-state index in [0.717, 1.165) is 16.2 Å². The van der Waals surface area contributed by atoms with Gasteiger partial charge in [-0.05, 0) is 62.2 Å². The molecule has 0 spiro atoms. The molecular formula is C24H20FN3O3. The van der Waals surface area contributed by atoms with Crippen LogP contribution in [0.15, 0.2) is 60.2 Å². The van der Waals surface area contributed by atoms with E-state index in [0.29, 0.717) is 22.6 Å². The number of imide groups is 2. The maximum Gasteiger partial charge on any atom is 0.335 e. The largest absolute Gasteiger partial charge is 0.335 e. The lowest BCUT2D eigenvalue weighted by Gasteiger charge is -2.27. The molecule has 0 saturated carbocycles. The van der Waals surface area contributed by atoms with Crippen molar-refractivity contribution in [1.29, 1.82) is 0 Å². The van der Waals surface area contributed by atoms with E-state index < -0.39 is 17.8 Å². The summed E-state index contributed by atoms with van der Waals surface area (Å²) >= 11 is 0. The number of para-hydroxylation sites is 2. The molecule has 2 aromatic carbocycles. The smallest absolute Gasteiger partial charge is 0.315 e. The highest BCUT2D eigenvalue weighted by atomic mass is 19.1. The van der Waals surface area contributed by atoms with Gasteiger partial charge in [0.25, 0.3) is 11.8 Å². The van der Waals surface area contributed by atoms with Crippen LogP contribution in [0.3, 0.4) is 0 Å². The van der Waals surface area contributed by atoms with Crippen molar-refractivity contribution in [2.75, 3.05) is 4.90 Å². The number of anilines is 1. The Balaban J connectivity index is 1.80. The number of amides is 4. The molecule has 1 aromatic heterocycles. The number of benzene rings is 2. The summed E-state index contributed by atoms with van der Waals surface area (Å²) in [5, 5.41) is 2.23. The lowest BCUT2D eigenvalue weighted by Crippen LogP contribution is -2.54. The maximum atomic E-state index is 14.3. The van der Waals surface area contributed by atoms with E-state index in [2.05, 4.69) is 5.32 Å². The summed E-state index contributed by atoms with van der Waals surface area (Å²) in [4.78, 5) is 39.0. The van der Waals surface area contributed by atoms with Gasteiger partial charge in [0.15, 0.2) is 0 Å². The number of carbonyl (C=O) groups is 3. The molecule has 0 aliphatic carbocycles. The van der Waals surface area contributed by atoms with E-state index in [4.69, 9.17) is 0 Å². The number of nitrogens with one attached hydrogen (secondary N) is 1. The van der Waals surface area contributed by atoms with E-state index >= 15 is 0 Å². The number of urea groups is 1. The molecule has 7 heteroatoms. The van der Waals surface area contributed by atoms with Crippen LogP contribution in [0.2, 0.25) is 0 Å². The molecule has 3 aromatic rings. The highest BCUT2D eigenvalue weighted by Crippen LogP contribution is 2.28. The summed E-state index contributed by atoms with van der Waals surface area (Å²) in [6.45, 7) is 5.37. The van der Waals surface area contributed by atoms with Crippen LogP contribution >= 0.6 is 0 Å². The zero-order valence-electron chi connectivity index (χ0n) is 17.3. The van der Waals surface area contributed by atoms with Crippen molar-refractivity contribution in [3.63, 3.8) is 0 Å². The molecule has 0 bridgehead atoms. The molecule has 31 heavy (non-hydrogen) atoms. The van der Waals surface area contributed by atoms with Gasteiger partial charge >= 0.3 is 6.03 Å². The first-order valence-electron chi connectivity index (χ1n) is 9.70. The van der Waals surface area contributed by atoms with E-state index in [1.165, 1.54) is 12.1 Å². The van der Waals surface area contributed by atoms with Crippen molar-refractivity contribution in [2.45, 2.75) is 20.8 Å². The third-order valence-electron chi connectivity index (χ3n) is 5.32. The van der Waals surface area contributed by atoms with Crippen molar-refractivity contribution < 1.29 is 18.8 Å². The first-order chi connectivity index (χ1) is 14.8. The molecule has 156 valence electrons. The van der Waals surface area contributed by atoms with Gasteiger partial charge in [-0.1, -0.05) is 30.3 Å². The number of aryl methyl sites for hydroxylation is 2. The van der Waals surface area contributed by atoms with E-state index in [1.54, 1.807) is 66.9 Å². The minimum Gasteiger partial charge on any atom is -0.315 e. The Hall–Kier alpha value is -4.00. The predicted molar refractivity (Wildman–Crippen MR) is 115 cm³/mol. The first-order valence-corrected chi connectivity index (χ1v) is 9.70. The average molecular weight is 417 g/mol. The van der Waals surface area contributed by atoms with Gasteiger partial charge in [0, 0.05) is 11.4 Å². The van der Waals surface area contributed by atoms with Crippen LogP contribution in [-0.2, 0) is 9.59 Å². The standard InChI is InChI=1S/C24H20FN3O3/c1-14-8-4-6-10-20(14)28-23(30)18(22(29)26-24(28)31)13-17-12-15(2)27(16(17)3)21-11-7-5-9-19(21)25/h4-13H,1-3H3,(H,26,29,31)/b18-13+. The lowest BCUT2D eigenvalue weighted by molar-refractivity contribution is -0.122. The summed E-state index contributed by atoms with van der Waals surface area (Å²) in [6.07, 6.45) is 1.44. The van der Waals surface area contributed by atoms with Crippen LogP contribution in [-0.4, -0.2) is 22.4 Å². The molecule has 4 rings (SSSR count). The van der Waals surface area contributed by atoms with Gasteiger partial charge in [0.2, 0.25) is 0 Å². The Morgan fingerprint density at radius 2 is 1.55 bits per heavy atom. The van der Waals surface area contributed by atoms with E-state index in [-0.39, 0.29) is 11.4 Å². The maximum absolute atomic E-state index is 14.3. The molecule has 1 N–H and O–H groups in total. The third-order valence-corrected chi connectivity index (χ3v) is 5.32. The van der Waals surface area contributed by atoms with Crippen LogP contribution in [0.1, 0.15) is 22.5 Å². The molecule has 1 fully saturated rings. The van der Waals surface area contributed by atoms with E-state index in [1.807, 2.05) is 6.92 Å². The molecule has 1 saturated heterocycles. The molecule has 2 heterocycles. The number of hydrogen-bond donors (Lipinski definition) is 1. The molecular weight excluding hydrogens is 397 g/mol. The third kappa shape index (κ3) is 3.44. The van der Waals surface area contributed by atoms with Gasteiger partial charge in [0.1, 0.15) is 11.4 Å². The summed E-state index contributed by atoms with van der Waals surface area (Å²) in [5.74, 6) is -1.86. The van der Waals surface area contributed by atoms with Gasteiger partial charge in [-0.2, -0.15) is 0 Å². The molecule has 0 radical (unpaired) electrons. The number of rotatable bonds is 3. The summed E-state index contributed by atoms with van der Waals surface area (Å²) in [7, 11) is 0. The fourth-order valence-electron chi connectivity index (χ4n) is 3.78. The first kappa shape index (κ1) is 20.3. The Morgan fingerprint density at radius 1 is 0.903 bits per heavy atom. The fourth-order valence-corrected chi connectivity index (χ4v) is 3.78. The van der Waals surface area contributed by atoms with Crippen molar-refractivity contribution >= 4 is 29.6 Å². The van der Waals surface area contributed by atoms with Gasteiger partial charge in [-0.25, -0.2) is 14.1 Å². The zero-order valence-corrected chi connectivity index (χ0v) is 17.3. The monoisotopic (exact) mass is 417 g/mol. The normalized spacial score (nSPS) is 15.5. The van der Waals surface area contributed by atoms with Crippen molar-refractivity contribution in [3.05, 3.63) is 88.5 Å². The summed E-state index contributed by atoms with van der Waals surface area (Å²) < 4.78 is 16.1. The second kappa shape index (κ2) is 7.68. The number of carbonyl (C=O) groups excluding carboxylic acids is 3. The van der Waals surface area contributed by atoms with Gasteiger partial charge in [-0.3, -0.25) is 14.9 Å². The highest BCUT2D eigenvalue weighted by Gasteiger charge is 2.37. The van der Waals surface area contributed by atoms with Crippen LogP contribution < -0.4 is 10.2 Å². The predicted octanol–water partition coefficient (Wildman–Crippen LogP) is 4.21. The molecule has 6 nitrogen and oxygen atoms in total. The second-order valence-corrected chi connectivity index (χ2v) is 7.36. The molecule has 4 amide bonds. The fraction of sp³-hybridized carbons (Fsp3) is 0.125. The van der Waals surface area contributed by atoms with Crippen molar-refractivity contribution in [2.24, 2.45) is 0 Å². The number of aromatic nitrogens is 1. The molecule has 1 aliphatic heterocycles. The second-order valence-electron chi connectivity index (χ2n) is 7.36. The number of halogens is 1. The Labute approximate surface area is 178 Å². The van der Waals surface area contributed by atoms with Gasteiger partial charge in [-0.15, -0.1) is 0 Å². The topological polar surface area (TPSA) is 71.4 Å². The Morgan fingerprint density at radius 3 is 2.23 bits per heavy atom. The molecule has 0 unspecified atom stereocenters.